The molecule has 1 unspecified atom stereocenters. The van der Waals surface area contributed by atoms with Crippen LogP contribution in [0.5, 0.6) is 0 Å². The number of halogens is 12. The summed E-state index contributed by atoms with van der Waals surface area (Å²) in [5.41, 5.74) is -3.24. The molecule has 6 aromatic carbocycles. The fourth-order valence-corrected chi connectivity index (χ4v) is 8.42. The lowest BCUT2D eigenvalue weighted by atomic mass is 9.99. The summed E-state index contributed by atoms with van der Waals surface area (Å²) in [5.74, 6) is -1.34. The molecule has 1 saturated heterocycles. The number of hydrogen-bond acceptors (Lipinski definition) is 8. The summed E-state index contributed by atoms with van der Waals surface area (Å²) in [6.07, 6.45) is -17.8. The zero-order valence-corrected chi connectivity index (χ0v) is 35.5. The predicted octanol–water partition coefficient (Wildman–Crippen LogP) is 13.6. The van der Waals surface area contributed by atoms with Crippen LogP contribution in [0.2, 0.25) is 0 Å². The van der Waals surface area contributed by atoms with E-state index in [2.05, 4.69) is 0 Å². The lowest BCUT2D eigenvalue weighted by Crippen LogP contribution is -2.55. The summed E-state index contributed by atoms with van der Waals surface area (Å²) in [4.78, 5) is 24.5. The van der Waals surface area contributed by atoms with Gasteiger partial charge in [-0.2, -0.15) is 52.7 Å². The lowest BCUT2D eigenvalue weighted by Gasteiger charge is -2.43. The average Bonchev–Trinajstić information content (AvgIpc) is 3.99. The van der Waals surface area contributed by atoms with Crippen LogP contribution < -0.4 is 19.6 Å². The van der Waals surface area contributed by atoms with Crippen LogP contribution >= 0.6 is 0 Å². The van der Waals surface area contributed by atoms with E-state index >= 15 is 0 Å². The standard InChI is InChI=1S/C50H30F12N8/c51-47(52,53)31-15-7-19-35(23-31)67-27-39(29-11-3-1-4-12-29)69(37-21-9-17-33(25-37)49(57,58)59)45-43(67)63-41(65-45)42-64-44-46(66-42)70(38-22-10-18-34(26-38)50(60,61)62)40(30-13-5-2-6-14-30)28-68(44)36-20-8-16-32(24-36)48(54,55)56/h1-27,40H,28H2/b42-41+. The van der Waals surface area contributed by atoms with Gasteiger partial charge in [-0.25, -0.2) is 20.0 Å². The number of fused-ring (bicyclic) bond motifs is 2. The molecular weight excluding hydrogens is 941 g/mol. The first-order chi connectivity index (χ1) is 33.2. The van der Waals surface area contributed by atoms with Gasteiger partial charge < -0.3 is 9.80 Å². The Balaban J connectivity index is 1.23. The monoisotopic (exact) mass is 970 g/mol. The highest BCUT2D eigenvalue weighted by Crippen LogP contribution is 2.44. The third kappa shape index (κ3) is 8.53. The van der Waals surface area contributed by atoms with Gasteiger partial charge in [-0.3, -0.25) is 9.80 Å². The molecule has 4 aliphatic rings. The summed E-state index contributed by atoms with van der Waals surface area (Å²) in [6.45, 7) is -0.192. The molecule has 354 valence electrons. The van der Waals surface area contributed by atoms with Gasteiger partial charge in [-0.05, 0) is 78.4 Å². The van der Waals surface area contributed by atoms with E-state index in [1.807, 2.05) is 0 Å². The van der Waals surface area contributed by atoms with Gasteiger partial charge in [0.05, 0.1) is 34.0 Å². The number of aliphatic imine (C=N–C) groups is 4. The number of anilines is 4. The van der Waals surface area contributed by atoms with Gasteiger partial charge in [0.25, 0.3) is 0 Å². The molecule has 70 heavy (non-hydrogen) atoms. The minimum Gasteiger partial charge on any atom is -0.321 e. The maximum Gasteiger partial charge on any atom is 0.416 e. The van der Waals surface area contributed by atoms with Gasteiger partial charge in [-0.1, -0.05) is 84.9 Å². The van der Waals surface area contributed by atoms with E-state index in [1.54, 1.807) is 60.7 Å². The first kappa shape index (κ1) is 45.6. The maximum atomic E-state index is 14.3. The van der Waals surface area contributed by atoms with Crippen molar-refractivity contribution in [1.82, 2.24) is 0 Å². The second-order valence-corrected chi connectivity index (χ2v) is 16.1. The van der Waals surface area contributed by atoms with E-state index < -0.39 is 53.0 Å². The Bertz CT molecular complexity index is 3220. The molecule has 1 fully saturated rings. The Labute approximate surface area is 389 Å². The van der Waals surface area contributed by atoms with Crippen molar-refractivity contribution in [2.75, 3.05) is 26.1 Å². The van der Waals surface area contributed by atoms with Gasteiger partial charge in [0.2, 0.25) is 11.6 Å². The van der Waals surface area contributed by atoms with Crippen LogP contribution in [0.15, 0.2) is 196 Å². The molecule has 0 spiro atoms. The maximum absolute atomic E-state index is 14.3. The lowest BCUT2D eigenvalue weighted by molar-refractivity contribution is -0.138. The first-order valence-corrected chi connectivity index (χ1v) is 21.0. The van der Waals surface area contributed by atoms with E-state index in [1.165, 1.54) is 68.3 Å². The molecule has 0 N–H and O–H groups in total. The van der Waals surface area contributed by atoms with E-state index in [9.17, 15) is 52.7 Å². The molecule has 0 saturated carbocycles. The highest BCUT2D eigenvalue weighted by molar-refractivity contribution is 6.55. The number of nitrogens with zero attached hydrogens (tertiary/aromatic N) is 8. The van der Waals surface area contributed by atoms with Gasteiger partial charge >= 0.3 is 24.7 Å². The summed E-state index contributed by atoms with van der Waals surface area (Å²) in [6, 6.07) is 32.9. The SMILES string of the molecule is FC(F)(F)c1cccc(N2C=C(c3ccccc3)N(c3cccc(C(F)(F)F)c3)C3=N/C(=C4\N=C5C(=N4)N(c4cccc(C(F)(F)F)c4)C(c4ccccc4)CN5c4cccc(C(F)(F)F)c4)N=C32)c1. The smallest absolute Gasteiger partial charge is 0.321 e. The van der Waals surface area contributed by atoms with Gasteiger partial charge in [0.1, 0.15) is 0 Å². The van der Waals surface area contributed by atoms with E-state index in [0.29, 0.717) is 11.1 Å². The van der Waals surface area contributed by atoms with Crippen molar-refractivity contribution in [2.24, 2.45) is 20.0 Å². The quantitative estimate of drug-likeness (QED) is 0.156. The molecule has 10 rings (SSSR count). The summed E-state index contributed by atoms with van der Waals surface area (Å²) in [5, 5.41) is 0. The Morgan fingerprint density at radius 3 is 1.39 bits per heavy atom. The molecular formula is C50H30F12N8. The second kappa shape index (κ2) is 16.8. The van der Waals surface area contributed by atoms with Crippen LogP contribution in [0.25, 0.3) is 5.70 Å². The van der Waals surface area contributed by atoms with E-state index in [-0.39, 0.29) is 70.0 Å². The summed E-state index contributed by atoms with van der Waals surface area (Å²) < 4.78 is 171. The molecule has 8 nitrogen and oxygen atoms in total. The van der Waals surface area contributed by atoms with Crippen LogP contribution in [0.4, 0.5) is 75.4 Å². The van der Waals surface area contributed by atoms with Gasteiger partial charge in [-0.15, -0.1) is 0 Å². The van der Waals surface area contributed by atoms with Crippen molar-refractivity contribution in [3.05, 3.63) is 209 Å². The minimum atomic E-state index is -4.81. The van der Waals surface area contributed by atoms with Crippen LogP contribution in [0.3, 0.4) is 0 Å². The van der Waals surface area contributed by atoms with Crippen LogP contribution in [-0.4, -0.2) is 29.9 Å². The molecule has 0 aromatic heterocycles. The molecule has 6 aromatic rings. The Morgan fingerprint density at radius 1 is 0.400 bits per heavy atom. The zero-order valence-electron chi connectivity index (χ0n) is 35.5. The number of piperazine rings is 1. The second-order valence-electron chi connectivity index (χ2n) is 16.1. The Hall–Kier alpha value is -8.16. The van der Waals surface area contributed by atoms with Crippen molar-refractivity contribution in [1.29, 1.82) is 0 Å². The summed E-state index contributed by atoms with van der Waals surface area (Å²) in [7, 11) is 0. The van der Waals surface area contributed by atoms with Crippen molar-refractivity contribution in [3.8, 4) is 0 Å². The van der Waals surface area contributed by atoms with E-state index in [0.717, 1.165) is 54.6 Å². The number of benzene rings is 6. The van der Waals surface area contributed by atoms with Crippen LogP contribution in [-0.2, 0) is 24.7 Å². The van der Waals surface area contributed by atoms with Crippen LogP contribution in [0, 0.1) is 0 Å². The highest BCUT2D eigenvalue weighted by atomic mass is 19.4. The number of hydrogen-bond donors (Lipinski definition) is 0. The van der Waals surface area contributed by atoms with Crippen molar-refractivity contribution in [2.45, 2.75) is 30.7 Å². The Kier molecular flexibility index (Phi) is 11.0. The Morgan fingerprint density at radius 2 is 0.829 bits per heavy atom. The molecule has 4 heterocycles. The predicted molar refractivity (Wildman–Crippen MR) is 241 cm³/mol. The normalized spacial score (nSPS) is 18.5. The third-order valence-corrected chi connectivity index (χ3v) is 11.6. The first-order valence-electron chi connectivity index (χ1n) is 21.0. The highest BCUT2D eigenvalue weighted by Gasteiger charge is 2.45. The van der Waals surface area contributed by atoms with Crippen molar-refractivity contribution >= 4 is 51.8 Å². The fraction of sp³-hybridized carbons (Fsp3) is 0.120. The van der Waals surface area contributed by atoms with Gasteiger partial charge in [0.15, 0.2) is 23.3 Å². The molecule has 1 atom stereocenters. The van der Waals surface area contributed by atoms with E-state index in [4.69, 9.17) is 20.0 Å². The topological polar surface area (TPSA) is 62.4 Å². The summed E-state index contributed by atoms with van der Waals surface area (Å²) >= 11 is 0. The van der Waals surface area contributed by atoms with Crippen LogP contribution in [0.1, 0.15) is 39.4 Å². The minimum absolute atomic E-state index is 0.0157. The molecule has 0 radical (unpaired) electrons. The average molecular weight is 971 g/mol. The number of alkyl halides is 12. The molecule has 4 aliphatic heterocycles. The molecule has 20 heteroatoms. The fourth-order valence-electron chi connectivity index (χ4n) is 8.42. The van der Waals surface area contributed by atoms with Crippen molar-refractivity contribution in [3.63, 3.8) is 0 Å². The molecule has 0 aliphatic carbocycles. The number of rotatable bonds is 6. The molecule has 0 bridgehead atoms. The molecule has 0 amide bonds. The van der Waals surface area contributed by atoms with Crippen molar-refractivity contribution < 1.29 is 52.7 Å². The number of amidine groups is 4. The third-order valence-electron chi connectivity index (χ3n) is 11.6. The largest absolute Gasteiger partial charge is 0.416 e. The van der Waals surface area contributed by atoms with Gasteiger partial charge in [0, 0.05) is 41.1 Å². The zero-order chi connectivity index (χ0) is 49.3.